The van der Waals surface area contributed by atoms with E-state index in [-0.39, 0.29) is 11.8 Å². The van der Waals surface area contributed by atoms with Gasteiger partial charge in [-0.2, -0.15) is 0 Å². The van der Waals surface area contributed by atoms with Gasteiger partial charge in [-0.05, 0) is 0 Å². The number of hydrogen-bond acceptors (Lipinski definition) is 2. The predicted molar refractivity (Wildman–Crippen MR) is 43.9 cm³/mol. The number of H-pyrrole nitrogens is 1. The fourth-order valence-electron chi connectivity index (χ4n) is 1.10. The van der Waals surface area contributed by atoms with Gasteiger partial charge in [0.2, 0.25) is 0 Å². The van der Waals surface area contributed by atoms with E-state index >= 15 is 0 Å². The molecule has 0 atom stereocenters. The second kappa shape index (κ2) is 2.97. The quantitative estimate of drug-likeness (QED) is 0.711. The molecule has 1 aromatic heterocycles. The number of aliphatic carboxylic acids is 1. The van der Waals surface area contributed by atoms with Gasteiger partial charge in [-0.15, -0.1) is 0 Å². The van der Waals surface area contributed by atoms with Crippen LogP contribution in [0.5, 0.6) is 0 Å². The van der Waals surface area contributed by atoms with Gasteiger partial charge in [0.25, 0.3) is 0 Å². The number of imidazole rings is 1. The second-order valence-corrected chi connectivity index (χ2v) is 3.42. The van der Waals surface area contributed by atoms with Crippen molar-refractivity contribution in [2.45, 2.75) is 25.7 Å². The zero-order valence-corrected chi connectivity index (χ0v) is 7.16. The first-order chi connectivity index (χ1) is 5.52. The van der Waals surface area contributed by atoms with Crippen molar-refractivity contribution in [1.29, 1.82) is 0 Å². The Balaban J connectivity index is 2.79. The standard InChI is InChI=1S/C8H12N2O2/c1-8(2,3-7(11)12)6-4-9-5-10-6/h4-5H,3H2,1-2H3,(H,9,10)(H,11,12). The number of nitrogens with zero attached hydrogens (tertiary/aromatic N) is 1. The highest BCUT2D eigenvalue weighted by Gasteiger charge is 2.25. The Labute approximate surface area is 70.6 Å². The molecular formula is C8H12N2O2. The minimum Gasteiger partial charge on any atom is -0.481 e. The smallest absolute Gasteiger partial charge is 0.304 e. The molecule has 12 heavy (non-hydrogen) atoms. The van der Waals surface area contributed by atoms with E-state index < -0.39 is 5.97 Å². The largest absolute Gasteiger partial charge is 0.481 e. The number of carboxylic acids is 1. The van der Waals surface area contributed by atoms with Gasteiger partial charge in [0, 0.05) is 17.3 Å². The van der Waals surface area contributed by atoms with Crippen molar-refractivity contribution in [1.82, 2.24) is 9.97 Å². The van der Waals surface area contributed by atoms with Gasteiger partial charge in [0.15, 0.2) is 0 Å². The molecule has 0 saturated heterocycles. The number of rotatable bonds is 3. The van der Waals surface area contributed by atoms with E-state index in [2.05, 4.69) is 9.97 Å². The Kier molecular flexibility index (Phi) is 2.17. The van der Waals surface area contributed by atoms with Crippen LogP contribution in [-0.4, -0.2) is 21.0 Å². The molecule has 1 rings (SSSR count). The lowest BCUT2D eigenvalue weighted by molar-refractivity contribution is -0.138. The van der Waals surface area contributed by atoms with Gasteiger partial charge in [-0.3, -0.25) is 4.79 Å². The van der Waals surface area contributed by atoms with Crippen molar-refractivity contribution >= 4 is 5.97 Å². The Morgan fingerprint density at radius 1 is 1.75 bits per heavy atom. The summed E-state index contributed by atoms with van der Waals surface area (Å²) in [6.07, 6.45) is 3.32. The topological polar surface area (TPSA) is 66.0 Å². The van der Waals surface area contributed by atoms with Crippen molar-refractivity contribution in [3.05, 3.63) is 18.2 Å². The van der Waals surface area contributed by atoms with Crippen LogP contribution in [0.25, 0.3) is 0 Å². The maximum absolute atomic E-state index is 10.5. The molecule has 0 saturated carbocycles. The first-order valence-electron chi connectivity index (χ1n) is 3.73. The van der Waals surface area contributed by atoms with Gasteiger partial charge in [-0.25, -0.2) is 4.98 Å². The second-order valence-electron chi connectivity index (χ2n) is 3.42. The summed E-state index contributed by atoms with van der Waals surface area (Å²) in [5, 5.41) is 8.61. The molecule has 66 valence electrons. The summed E-state index contributed by atoms with van der Waals surface area (Å²) in [5.74, 6) is -0.797. The number of aromatic amines is 1. The lowest BCUT2D eigenvalue weighted by Crippen LogP contribution is -2.21. The molecule has 0 amide bonds. The van der Waals surface area contributed by atoms with E-state index in [9.17, 15) is 4.79 Å². The highest BCUT2D eigenvalue weighted by molar-refractivity contribution is 5.68. The summed E-state index contributed by atoms with van der Waals surface area (Å²) in [6, 6.07) is 0. The molecule has 0 bridgehead atoms. The molecule has 2 N–H and O–H groups in total. The third-order valence-corrected chi connectivity index (χ3v) is 1.82. The van der Waals surface area contributed by atoms with Gasteiger partial charge in [-0.1, -0.05) is 13.8 Å². The average molecular weight is 168 g/mol. The third-order valence-electron chi connectivity index (χ3n) is 1.82. The first-order valence-corrected chi connectivity index (χ1v) is 3.73. The van der Waals surface area contributed by atoms with Gasteiger partial charge < -0.3 is 10.1 Å². The highest BCUT2D eigenvalue weighted by atomic mass is 16.4. The van der Waals surface area contributed by atoms with Crippen LogP contribution in [-0.2, 0) is 10.2 Å². The minimum atomic E-state index is -0.797. The van der Waals surface area contributed by atoms with Crippen molar-refractivity contribution < 1.29 is 9.90 Å². The summed E-state index contributed by atoms with van der Waals surface area (Å²) >= 11 is 0. The zero-order chi connectivity index (χ0) is 9.19. The molecule has 4 heteroatoms. The summed E-state index contributed by atoms with van der Waals surface area (Å²) in [6.45, 7) is 3.74. The fraction of sp³-hybridized carbons (Fsp3) is 0.500. The Bertz CT molecular complexity index is 265. The monoisotopic (exact) mass is 168 g/mol. The van der Waals surface area contributed by atoms with Crippen molar-refractivity contribution in [3.8, 4) is 0 Å². The van der Waals surface area contributed by atoms with E-state index in [1.807, 2.05) is 13.8 Å². The summed E-state index contributed by atoms with van der Waals surface area (Å²) in [5.41, 5.74) is 0.479. The minimum absolute atomic E-state index is 0.106. The van der Waals surface area contributed by atoms with Crippen LogP contribution < -0.4 is 0 Å². The van der Waals surface area contributed by atoms with Crippen LogP contribution in [0.1, 0.15) is 26.0 Å². The Morgan fingerprint density at radius 3 is 2.83 bits per heavy atom. The van der Waals surface area contributed by atoms with Crippen molar-refractivity contribution in [2.24, 2.45) is 0 Å². The van der Waals surface area contributed by atoms with E-state index in [0.29, 0.717) is 0 Å². The zero-order valence-electron chi connectivity index (χ0n) is 7.16. The molecule has 0 aromatic carbocycles. The first kappa shape index (κ1) is 8.77. The molecular weight excluding hydrogens is 156 g/mol. The Morgan fingerprint density at radius 2 is 2.42 bits per heavy atom. The number of aromatic nitrogens is 2. The van der Waals surface area contributed by atoms with Gasteiger partial charge >= 0.3 is 5.97 Å². The van der Waals surface area contributed by atoms with Crippen molar-refractivity contribution in [2.75, 3.05) is 0 Å². The van der Waals surface area contributed by atoms with Crippen molar-refractivity contribution in [3.63, 3.8) is 0 Å². The summed E-state index contributed by atoms with van der Waals surface area (Å²) in [4.78, 5) is 17.2. The maximum atomic E-state index is 10.5. The van der Waals surface area contributed by atoms with Crippen LogP contribution in [0.3, 0.4) is 0 Å². The van der Waals surface area contributed by atoms with Crippen LogP contribution in [0.4, 0.5) is 0 Å². The summed E-state index contributed by atoms with van der Waals surface area (Å²) < 4.78 is 0. The Hall–Kier alpha value is -1.32. The average Bonchev–Trinajstić information content (AvgIpc) is 2.32. The normalized spacial score (nSPS) is 11.5. The molecule has 0 radical (unpaired) electrons. The highest BCUT2D eigenvalue weighted by Crippen LogP contribution is 2.24. The third kappa shape index (κ3) is 1.84. The van der Waals surface area contributed by atoms with Crippen LogP contribution in [0.2, 0.25) is 0 Å². The number of hydrogen-bond donors (Lipinski definition) is 2. The van der Waals surface area contributed by atoms with Crippen LogP contribution in [0.15, 0.2) is 12.5 Å². The van der Waals surface area contributed by atoms with Gasteiger partial charge in [0.1, 0.15) is 0 Å². The van der Waals surface area contributed by atoms with Crippen LogP contribution >= 0.6 is 0 Å². The van der Waals surface area contributed by atoms with E-state index in [1.165, 1.54) is 0 Å². The molecule has 1 aromatic rings. The molecule has 1 heterocycles. The predicted octanol–water partition coefficient (Wildman–Crippen LogP) is 1.16. The lowest BCUT2D eigenvalue weighted by Gasteiger charge is -2.19. The number of carboxylic acid groups (broad SMARTS) is 1. The van der Waals surface area contributed by atoms with Crippen LogP contribution in [0, 0.1) is 0 Å². The van der Waals surface area contributed by atoms with E-state index in [1.54, 1.807) is 12.5 Å². The molecule has 0 spiro atoms. The maximum Gasteiger partial charge on any atom is 0.304 e. The van der Waals surface area contributed by atoms with E-state index in [0.717, 1.165) is 5.69 Å². The lowest BCUT2D eigenvalue weighted by atomic mass is 9.86. The fourth-order valence-corrected chi connectivity index (χ4v) is 1.10. The van der Waals surface area contributed by atoms with Gasteiger partial charge in [0.05, 0.1) is 12.7 Å². The number of nitrogens with one attached hydrogen (secondary N) is 1. The molecule has 0 unspecified atom stereocenters. The van der Waals surface area contributed by atoms with E-state index in [4.69, 9.17) is 5.11 Å². The number of carbonyl (C=O) groups is 1. The molecule has 4 nitrogen and oxygen atoms in total. The molecule has 0 aliphatic heterocycles. The molecule has 0 aliphatic carbocycles. The molecule has 0 aliphatic rings. The SMILES string of the molecule is CC(C)(CC(=O)O)c1cnc[nH]1. The molecule has 0 fully saturated rings. The summed E-state index contributed by atoms with van der Waals surface area (Å²) in [7, 11) is 0.